The van der Waals surface area contributed by atoms with E-state index in [1.807, 2.05) is 0 Å². The molecule has 2 aliphatic rings. The molecule has 0 radical (unpaired) electrons. The minimum absolute atomic E-state index is 0.00989. The molecule has 2 aliphatic heterocycles. The lowest BCUT2D eigenvalue weighted by Gasteiger charge is -2.26. The van der Waals surface area contributed by atoms with Crippen LogP contribution in [0.4, 0.5) is 0 Å². The van der Waals surface area contributed by atoms with Gasteiger partial charge in [0.15, 0.2) is 17.3 Å². The van der Waals surface area contributed by atoms with Crippen LogP contribution in [0.25, 0.3) is 6.08 Å². The minimum atomic E-state index is -1.05. The van der Waals surface area contributed by atoms with Crippen LogP contribution in [-0.2, 0) is 4.79 Å². The lowest BCUT2D eigenvalue weighted by atomic mass is 9.84. The van der Waals surface area contributed by atoms with Gasteiger partial charge >= 0.3 is 11.9 Å². The molecule has 0 spiro atoms. The smallest absolute Gasteiger partial charge is 0.335 e. The molecular weight excluding hydrogens is 480 g/mol. The number of aromatic carboxylic acids is 1. The average Bonchev–Trinajstić information content (AvgIpc) is 3.22. The van der Waals surface area contributed by atoms with Crippen molar-refractivity contribution in [2.45, 2.75) is 12.3 Å². The maximum absolute atomic E-state index is 13.3. The Balaban J connectivity index is 1.59. The summed E-state index contributed by atoms with van der Waals surface area (Å²) in [6.07, 6.45) is 1.57. The number of methoxy groups -OCH3 is 3. The van der Waals surface area contributed by atoms with E-state index in [0.717, 1.165) is 0 Å². The molecule has 3 aromatic carbocycles. The van der Waals surface area contributed by atoms with Crippen LogP contribution in [0.5, 0.6) is 28.7 Å². The Morgan fingerprint density at radius 2 is 1.59 bits per heavy atom. The Morgan fingerprint density at radius 1 is 0.919 bits per heavy atom. The first-order valence-corrected chi connectivity index (χ1v) is 11.3. The van der Waals surface area contributed by atoms with E-state index in [4.69, 9.17) is 23.7 Å². The van der Waals surface area contributed by atoms with Crippen molar-refractivity contribution in [3.63, 3.8) is 0 Å². The number of carbonyl (C=O) groups is 3. The van der Waals surface area contributed by atoms with Gasteiger partial charge in [-0.25, -0.2) is 4.79 Å². The number of carboxylic acids is 1. The summed E-state index contributed by atoms with van der Waals surface area (Å²) in [7, 11) is 4.52. The monoisotopic (exact) mass is 502 g/mol. The van der Waals surface area contributed by atoms with Crippen molar-refractivity contribution in [1.82, 2.24) is 0 Å². The third kappa shape index (κ3) is 4.14. The fourth-order valence-electron chi connectivity index (χ4n) is 4.56. The highest BCUT2D eigenvalue weighted by atomic mass is 16.5. The molecule has 3 aromatic rings. The zero-order valence-electron chi connectivity index (χ0n) is 20.2. The van der Waals surface area contributed by atoms with E-state index in [1.165, 1.54) is 33.5 Å². The number of hydrogen-bond donors (Lipinski definition) is 1. The third-order valence-corrected chi connectivity index (χ3v) is 6.36. The molecule has 37 heavy (non-hydrogen) atoms. The first-order chi connectivity index (χ1) is 17.8. The Morgan fingerprint density at radius 3 is 2.24 bits per heavy atom. The zero-order valence-corrected chi connectivity index (χ0v) is 20.2. The number of hydrogen-bond acceptors (Lipinski definition) is 8. The summed E-state index contributed by atoms with van der Waals surface area (Å²) in [5.74, 6) is -0.296. The molecule has 2 heterocycles. The summed E-state index contributed by atoms with van der Waals surface area (Å²) < 4.78 is 27.7. The highest BCUT2D eigenvalue weighted by molar-refractivity contribution is 6.15. The van der Waals surface area contributed by atoms with Gasteiger partial charge in [-0.1, -0.05) is 12.1 Å². The van der Waals surface area contributed by atoms with Gasteiger partial charge in [-0.05, 0) is 42.0 Å². The summed E-state index contributed by atoms with van der Waals surface area (Å²) in [5, 5.41) is 9.23. The summed E-state index contributed by atoms with van der Waals surface area (Å²) >= 11 is 0. The molecule has 0 amide bonds. The maximum atomic E-state index is 13.3. The highest BCUT2D eigenvalue weighted by Gasteiger charge is 2.38. The fourth-order valence-corrected chi connectivity index (χ4v) is 4.56. The molecule has 0 bridgehead atoms. The van der Waals surface area contributed by atoms with Gasteiger partial charge in [-0.3, -0.25) is 9.59 Å². The lowest BCUT2D eigenvalue weighted by molar-refractivity contribution is -0.135. The van der Waals surface area contributed by atoms with Crippen LogP contribution in [0, 0.1) is 0 Å². The van der Waals surface area contributed by atoms with E-state index in [0.29, 0.717) is 51.0 Å². The molecule has 1 N–H and O–H groups in total. The summed E-state index contributed by atoms with van der Waals surface area (Å²) in [4.78, 5) is 37.0. The van der Waals surface area contributed by atoms with Gasteiger partial charge in [0.25, 0.3) is 0 Å². The molecule has 0 aromatic heterocycles. The summed E-state index contributed by atoms with van der Waals surface area (Å²) in [5.41, 5.74) is 2.25. The second kappa shape index (κ2) is 9.34. The number of allylic oxidation sites excluding steroid dienone is 1. The molecule has 188 valence electrons. The van der Waals surface area contributed by atoms with Gasteiger partial charge in [-0.15, -0.1) is 0 Å². The van der Waals surface area contributed by atoms with Gasteiger partial charge in [0, 0.05) is 23.1 Å². The molecular formula is C28H22O9. The van der Waals surface area contributed by atoms with Crippen molar-refractivity contribution in [1.29, 1.82) is 0 Å². The van der Waals surface area contributed by atoms with Crippen molar-refractivity contribution < 1.29 is 43.2 Å². The number of ether oxygens (including phenoxy) is 5. The first kappa shape index (κ1) is 23.9. The van der Waals surface area contributed by atoms with Crippen LogP contribution in [-0.4, -0.2) is 44.2 Å². The number of carboxylic acid groups (broad SMARTS) is 1. The molecule has 0 unspecified atom stereocenters. The van der Waals surface area contributed by atoms with E-state index in [2.05, 4.69) is 0 Å². The molecule has 9 nitrogen and oxygen atoms in total. The third-order valence-electron chi connectivity index (χ3n) is 6.36. The van der Waals surface area contributed by atoms with Crippen LogP contribution in [0.3, 0.4) is 0 Å². The number of ketones is 1. The fraction of sp³-hybridized carbons (Fsp3) is 0.179. The Hall–Kier alpha value is -4.79. The van der Waals surface area contributed by atoms with E-state index >= 15 is 0 Å². The SMILES string of the molecule is COc1cc(OC)c(OC)cc1/C=C1\Oc2c(ccc3c2[C@@H](c2ccc(C(=O)O)cc2)CC(=O)O3)C1=O. The van der Waals surface area contributed by atoms with E-state index in [-0.39, 0.29) is 23.5 Å². The second-order valence-electron chi connectivity index (χ2n) is 8.40. The van der Waals surface area contributed by atoms with Crippen molar-refractivity contribution in [2.75, 3.05) is 21.3 Å². The van der Waals surface area contributed by atoms with Crippen molar-refractivity contribution >= 4 is 23.8 Å². The van der Waals surface area contributed by atoms with Gasteiger partial charge in [0.2, 0.25) is 5.78 Å². The highest BCUT2D eigenvalue weighted by Crippen LogP contribution is 2.49. The molecule has 5 rings (SSSR count). The van der Waals surface area contributed by atoms with Crippen LogP contribution in [0.15, 0.2) is 54.3 Å². The van der Waals surface area contributed by atoms with Crippen molar-refractivity contribution in [3.05, 3.63) is 82.1 Å². The standard InChI is InChI=1S/C28H22O9/c1-33-20-13-22(35-3)21(34-2)10-16(20)11-23-26(30)17-8-9-19-25(27(17)37-23)18(12-24(29)36-19)14-4-6-15(7-5-14)28(31)32/h4-11,13,18H,12H2,1-3H3,(H,31,32)/b23-11-/t18-/m1/s1. The molecule has 0 saturated carbocycles. The predicted octanol–water partition coefficient (Wildman–Crippen LogP) is 4.47. The Bertz CT molecular complexity index is 1470. The molecule has 0 fully saturated rings. The van der Waals surface area contributed by atoms with Gasteiger partial charge in [0.1, 0.15) is 17.2 Å². The minimum Gasteiger partial charge on any atom is -0.496 e. The van der Waals surface area contributed by atoms with Crippen LogP contribution >= 0.6 is 0 Å². The first-order valence-electron chi connectivity index (χ1n) is 11.3. The average molecular weight is 502 g/mol. The number of esters is 1. The zero-order chi connectivity index (χ0) is 26.3. The molecule has 1 atom stereocenters. The number of carbonyl (C=O) groups excluding carboxylic acids is 2. The Kier molecular flexibility index (Phi) is 6.04. The van der Waals surface area contributed by atoms with E-state index in [9.17, 15) is 19.5 Å². The summed E-state index contributed by atoms with van der Waals surface area (Å²) in [6, 6.07) is 12.7. The number of Topliss-reactive ketones (excluding diaryl/α,β-unsaturated/α-hetero) is 1. The number of benzene rings is 3. The quantitative estimate of drug-likeness (QED) is 0.296. The Labute approximate surface area is 211 Å². The second-order valence-corrected chi connectivity index (χ2v) is 8.40. The van der Waals surface area contributed by atoms with Crippen LogP contribution in [0.2, 0.25) is 0 Å². The van der Waals surface area contributed by atoms with Crippen LogP contribution in [0.1, 0.15) is 49.7 Å². The van der Waals surface area contributed by atoms with Gasteiger partial charge < -0.3 is 28.8 Å². The normalized spacial score (nSPS) is 16.9. The van der Waals surface area contributed by atoms with Crippen molar-refractivity contribution in [2.24, 2.45) is 0 Å². The van der Waals surface area contributed by atoms with Gasteiger partial charge in [0.05, 0.1) is 38.9 Å². The largest absolute Gasteiger partial charge is 0.496 e. The summed E-state index contributed by atoms with van der Waals surface area (Å²) in [6.45, 7) is 0. The lowest BCUT2D eigenvalue weighted by Crippen LogP contribution is -2.21. The molecule has 9 heteroatoms. The predicted molar refractivity (Wildman–Crippen MR) is 131 cm³/mol. The maximum Gasteiger partial charge on any atom is 0.335 e. The van der Waals surface area contributed by atoms with Gasteiger partial charge in [-0.2, -0.15) is 0 Å². The molecule has 0 saturated heterocycles. The molecule has 0 aliphatic carbocycles. The van der Waals surface area contributed by atoms with Crippen molar-refractivity contribution in [3.8, 4) is 28.7 Å². The van der Waals surface area contributed by atoms with E-state index < -0.39 is 17.9 Å². The topological polar surface area (TPSA) is 118 Å². The number of fused-ring (bicyclic) bond motifs is 3. The number of rotatable bonds is 6. The van der Waals surface area contributed by atoms with E-state index in [1.54, 1.807) is 42.5 Å². The van der Waals surface area contributed by atoms with Crippen LogP contribution < -0.4 is 23.7 Å².